The molecule has 1 saturated carbocycles. The van der Waals surface area contributed by atoms with Gasteiger partial charge in [-0.25, -0.2) is 13.8 Å². The molecule has 1 aliphatic rings. The Morgan fingerprint density at radius 2 is 1.88 bits per heavy atom. The average Bonchev–Trinajstić information content (AvgIpc) is 2.61. The van der Waals surface area contributed by atoms with Gasteiger partial charge in [-0.1, -0.05) is 6.07 Å². The van der Waals surface area contributed by atoms with E-state index in [1.165, 1.54) is 6.07 Å². The number of halogens is 2. The van der Waals surface area contributed by atoms with Crippen LogP contribution in [0.15, 0.2) is 36.5 Å². The third-order valence-electron chi connectivity index (χ3n) is 4.36. The number of aromatic nitrogens is 1. The molecule has 0 saturated heterocycles. The summed E-state index contributed by atoms with van der Waals surface area (Å²) >= 11 is 0. The molecule has 3 rings (SSSR count). The average molecular weight is 346 g/mol. The first-order valence-corrected chi connectivity index (χ1v) is 8.36. The molecule has 2 aromatic rings. The second-order valence-electron chi connectivity index (χ2n) is 6.37. The van der Waals surface area contributed by atoms with Gasteiger partial charge in [0, 0.05) is 23.9 Å². The Labute approximate surface area is 145 Å². The molecule has 1 aliphatic carbocycles. The molecule has 0 bridgehead atoms. The van der Waals surface area contributed by atoms with Crippen LogP contribution >= 0.6 is 0 Å². The Balaban J connectivity index is 1.49. The van der Waals surface area contributed by atoms with E-state index >= 15 is 0 Å². The molecular weight excluding hydrogens is 326 g/mol. The van der Waals surface area contributed by atoms with Gasteiger partial charge < -0.3 is 10.1 Å². The lowest BCUT2D eigenvalue weighted by molar-refractivity contribution is 0.0889. The van der Waals surface area contributed by atoms with Crippen LogP contribution in [0.5, 0.6) is 5.88 Å². The summed E-state index contributed by atoms with van der Waals surface area (Å²) in [6, 6.07) is 6.98. The van der Waals surface area contributed by atoms with Crippen LogP contribution in [0.3, 0.4) is 0 Å². The Morgan fingerprint density at radius 1 is 1.12 bits per heavy atom. The number of ether oxygens (including phenoxy) is 1. The zero-order valence-electron chi connectivity index (χ0n) is 14.0. The van der Waals surface area contributed by atoms with Crippen molar-refractivity contribution in [2.75, 3.05) is 0 Å². The standard InChI is InChI=1S/C19H20F2N2O2/c1-12-2-9-18(22-11-12)25-15-6-4-14(5-7-15)23-19(24)13-3-8-16(20)17(21)10-13/h2-3,8-11,14-15H,4-7H2,1H3,(H,23,24). The molecule has 1 aromatic carbocycles. The molecule has 6 heteroatoms. The van der Waals surface area contributed by atoms with E-state index in [1.54, 1.807) is 6.20 Å². The second-order valence-corrected chi connectivity index (χ2v) is 6.37. The molecule has 0 aliphatic heterocycles. The van der Waals surface area contributed by atoms with Gasteiger partial charge >= 0.3 is 0 Å². The van der Waals surface area contributed by atoms with Crippen molar-refractivity contribution in [3.05, 3.63) is 59.3 Å². The largest absolute Gasteiger partial charge is 0.474 e. The molecule has 25 heavy (non-hydrogen) atoms. The predicted molar refractivity (Wildman–Crippen MR) is 89.5 cm³/mol. The number of pyridine rings is 1. The van der Waals surface area contributed by atoms with E-state index in [4.69, 9.17) is 4.74 Å². The molecule has 1 aromatic heterocycles. The highest BCUT2D eigenvalue weighted by atomic mass is 19.2. The molecule has 1 fully saturated rings. The summed E-state index contributed by atoms with van der Waals surface area (Å²) in [5.74, 6) is -1.75. The van der Waals surface area contributed by atoms with Crippen molar-refractivity contribution in [2.45, 2.75) is 44.8 Å². The zero-order valence-corrected chi connectivity index (χ0v) is 14.0. The Kier molecular flexibility index (Phi) is 5.26. The van der Waals surface area contributed by atoms with E-state index in [2.05, 4.69) is 10.3 Å². The van der Waals surface area contributed by atoms with Gasteiger partial charge in [0.25, 0.3) is 5.91 Å². The number of nitrogens with one attached hydrogen (secondary N) is 1. The Bertz CT molecular complexity index is 742. The van der Waals surface area contributed by atoms with E-state index in [1.807, 2.05) is 19.1 Å². The fourth-order valence-electron chi connectivity index (χ4n) is 2.93. The highest BCUT2D eigenvalue weighted by molar-refractivity contribution is 5.94. The minimum Gasteiger partial charge on any atom is -0.474 e. The van der Waals surface area contributed by atoms with Crippen molar-refractivity contribution in [1.29, 1.82) is 0 Å². The molecule has 0 atom stereocenters. The van der Waals surface area contributed by atoms with Gasteiger partial charge in [-0.05, 0) is 56.4 Å². The van der Waals surface area contributed by atoms with Gasteiger partial charge in [-0.2, -0.15) is 0 Å². The first kappa shape index (κ1) is 17.3. The number of hydrogen-bond donors (Lipinski definition) is 1. The van der Waals surface area contributed by atoms with Crippen molar-refractivity contribution in [2.24, 2.45) is 0 Å². The highest BCUT2D eigenvalue weighted by Crippen LogP contribution is 2.23. The fourth-order valence-corrected chi connectivity index (χ4v) is 2.93. The lowest BCUT2D eigenvalue weighted by atomic mass is 9.92. The van der Waals surface area contributed by atoms with E-state index in [-0.39, 0.29) is 23.6 Å². The molecule has 0 unspecified atom stereocenters. The summed E-state index contributed by atoms with van der Waals surface area (Å²) in [6.07, 6.45) is 4.99. The molecule has 132 valence electrons. The number of benzene rings is 1. The summed E-state index contributed by atoms with van der Waals surface area (Å²) in [4.78, 5) is 16.4. The van der Waals surface area contributed by atoms with Crippen LogP contribution < -0.4 is 10.1 Å². The first-order chi connectivity index (χ1) is 12.0. The summed E-state index contributed by atoms with van der Waals surface area (Å²) in [7, 11) is 0. The molecule has 1 amide bonds. The summed E-state index contributed by atoms with van der Waals surface area (Å²) in [6.45, 7) is 1.97. The number of carbonyl (C=O) groups excluding carboxylic acids is 1. The van der Waals surface area contributed by atoms with Crippen LogP contribution in [0, 0.1) is 18.6 Å². The van der Waals surface area contributed by atoms with Crippen molar-refractivity contribution < 1.29 is 18.3 Å². The topological polar surface area (TPSA) is 51.2 Å². The second kappa shape index (κ2) is 7.59. The Hall–Kier alpha value is -2.50. The van der Waals surface area contributed by atoms with Crippen LogP contribution in [0.4, 0.5) is 8.78 Å². The predicted octanol–water partition coefficient (Wildman–Crippen LogP) is 3.79. The summed E-state index contributed by atoms with van der Waals surface area (Å²) < 4.78 is 32.0. The third kappa shape index (κ3) is 4.53. The molecule has 0 radical (unpaired) electrons. The zero-order chi connectivity index (χ0) is 17.8. The molecule has 1 N–H and O–H groups in total. The molecule has 0 spiro atoms. The van der Waals surface area contributed by atoms with E-state index in [0.717, 1.165) is 43.4 Å². The number of aryl methyl sites for hydroxylation is 1. The van der Waals surface area contributed by atoms with E-state index in [9.17, 15) is 13.6 Å². The van der Waals surface area contributed by atoms with Crippen LogP contribution in [0.25, 0.3) is 0 Å². The van der Waals surface area contributed by atoms with Gasteiger partial charge in [0.1, 0.15) is 6.10 Å². The third-order valence-corrected chi connectivity index (χ3v) is 4.36. The maximum absolute atomic E-state index is 13.2. The number of amides is 1. The lowest BCUT2D eigenvalue weighted by Crippen LogP contribution is -2.39. The molecule has 4 nitrogen and oxygen atoms in total. The maximum atomic E-state index is 13.2. The normalized spacial score (nSPS) is 20.1. The summed E-state index contributed by atoms with van der Waals surface area (Å²) in [5, 5.41) is 2.87. The van der Waals surface area contributed by atoms with E-state index in [0.29, 0.717) is 5.88 Å². The van der Waals surface area contributed by atoms with Gasteiger partial charge in [-0.3, -0.25) is 4.79 Å². The van der Waals surface area contributed by atoms with Gasteiger partial charge in [0.15, 0.2) is 11.6 Å². The number of hydrogen-bond acceptors (Lipinski definition) is 3. The minimum absolute atomic E-state index is 0.00596. The smallest absolute Gasteiger partial charge is 0.251 e. The van der Waals surface area contributed by atoms with Gasteiger partial charge in [-0.15, -0.1) is 0 Å². The fraction of sp³-hybridized carbons (Fsp3) is 0.368. The Morgan fingerprint density at radius 3 is 2.52 bits per heavy atom. The number of nitrogens with zero attached hydrogens (tertiary/aromatic N) is 1. The maximum Gasteiger partial charge on any atom is 0.251 e. The van der Waals surface area contributed by atoms with Crippen LogP contribution in [-0.2, 0) is 0 Å². The van der Waals surface area contributed by atoms with Crippen LogP contribution in [-0.4, -0.2) is 23.0 Å². The first-order valence-electron chi connectivity index (χ1n) is 8.36. The SMILES string of the molecule is Cc1ccc(OC2CCC(NC(=O)c3ccc(F)c(F)c3)CC2)nc1. The van der Waals surface area contributed by atoms with Crippen molar-refractivity contribution in [3.8, 4) is 5.88 Å². The van der Waals surface area contributed by atoms with Crippen LogP contribution in [0.2, 0.25) is 0 Å². The summed E-state index contributed by atoms with van der Waals surface area (Å²) in [5.41, 5.74) is 1.21. The lowest BCUT2D eigenvalue weighted by Gasteiger charge is -2.29. The highest BCUT2D eigenvalue weighted by Gasteiger charge is 2.24. The minimum atomic E-state index is -1.02. The van der Waals surface area contributed by atoms with E-state index < -0.39 is 11.6 Å². The van der Waals surface area contributed by atoms with Gasteiger partial charge in [0.2, 0.25) is 5.88 Å². The van der Waals surface area contributed by atoms with Crippen molar-refractivity contribution >= 4 is 5.91 Å². The monoisotopic (exact) mass is 346 g/mol. The quantitative estimate of drug-likeness (QED) is 0.916. The van der Waals surface area contributed by atoms with Crippen molar-refractivity contribution in [1.82, 2.24) is 10.3 Å². The van der Waals surface area contributed by atoms with Crippen LogP contribution in [0.1, 0.15) is 41.6 Å². The van der Waals surface area contributed by atoms with Gasteiger partial charge in [0.05, 0.1) is 0 Å². The van der Waals surface area contributed by atoms with Crippen molar-refractivity contribution in [3.63, 3.8) is 0 Å². The molecule has 1 heterocycles. The number of carbonyl (C=O) groups is 1. The number of rotatable bonds is 4. The molecular formula is C19H20F2N2O2.